The second kappa shape index (κ2) is 7.45. The van der Waals surface area contributed by atoms with Gasteiger partial charge < -0.3 is 4.42 Å². The van der Waals surface area contributed by atoms with Crippen LogP contribution in [0.2, 0.25) is 0 Å². The van der Waals surface area contributed by atoms with Crippen molar-refractivity contribution in [2.45, 2.75) is 17.1 Å². The van der Waals surface area contributed by atoms with Crippen LogP contribution in [0.25, 0.3) is 11.6 Å². The van der Waals surface area contributed by atoms with Crippen molar-refractivity contribution in [3.8, 4) is 11.6 Å². The summed E-state index contributed by atoms with van der Waals surface area (Å²) >= 11 is 1.19. The minimum atomic E-state index is -3.48. The first-order valence-corrected chi connectivity index (χ1v) is 10.9. The summed E-state index contributed by atoms with van der Waals surface area (Å²) in [5.41, 5.74) is 0.516. The fourth-order valence-corrected chi connectivity index (χ4v) is 5.62. The van der Waals surface area contributed by atoms with Gasteiger partial charge in [0.05, 0.1) is 0 Å². The van der Waals surface area contributed by atoms with E-state index in [2.05, 4.69) is 20.6 Å². The first-order chi connectivity index (χ1) is 13.4. The van der Waals surface area contributed by atoms with E-state index >= 15 is 0 Å². The number of carbonyl (C=O) groups is 1. The lowest BCUT2D eigenvalue weighted by Crippen LogP contribution is -2.41. The normalized spacial score (nSPS) is 16.3. The van der Waals surface area contributed by atoms with E-state index in [1.807, 2.05) is 0 Å². The van der Waals surface area contributed by atoms with Crippen molar-refractivity contribution >= 4 is 33.3 Å². The second-order valence-corrected chi connectivity index (χ2v) is 9.50. The molecule has 1 saturated heterocycles. The minimum Gasteiger partial charge on any atom is -0.401 e. The Balaban J connectivity index is 1.35. The van der Waals surface area contributed by atoms with Crippen LogP contribution in [0.4, 0.5) is 6.01 Å². The van der Waals surface area contributed by atoms with Crippen LogP contribution in [0, 0.1) is 5.92 Å². The molecule has 1 aliphatic heterocycles. The standard InChI is InChI=1S/C16H18N6O4S2/c1-21-7-6-12(20-21)15-18-19-16(26-15)17-14(23)11-4-8-22(9-5-11)28(24,25)13-3-2-10-27-13/h2-3,6-7,10-11H,4-5,8-9H2,1H3,(H,17,19,23). The quantitative estimate of drug-likeness (QED) is 0.662. The first-order valence-electron chi connectivity index (χ1n) is 8.61. The largest absolute Gasteiger partial charge is 0.401 e. The van der Waals surface area contributed by atoms with Gasteiger partial charge in [0.15, 0.2) is 0 Å². The van der Waals surface area contributed by atoms with Crippen LogP contribution >= 0.6 is 11.3 Å². The number of anilines is 1. The number of nitrogens with one attached hydrogen (secondary N) is 1. The van der Waals surface area contributed by atoms with Crippen molar-refractivity contribution in [3.05, 3.63) is 29.8 Å². The van der Waals surface area contributed by atoms with Gasteiger partial charge >= 0.3 is 6.01 Å². The molecule has 3 aromatic heterocycles. The number of aromatic nitrogens is 4. The molecule has 28 heavy (non-hydrogen) atoms. The van der Waals surface area contributed by atoms with Crippen molar-refractivity contribution in [2.24, 2.45) is 13.0 Å². The SMILES string of the molecule is Cn1ccc(-c2nnc(NC(=O)C3CCN(S(=O)(=O)c4cccs4)CC3)o2)n1. The smallest absolute Gasteiger partial charge is 0.322 e. The molecule has 3 aromatic rings. The van der Waals surface area contributed by atoms with Gasteiger partial charge in [-0.25, -0.2) is 8.42 Å². The molecule has 0 aromatic carbocycles. The van der Waals surface area contributed by atoms with E-state index in [4.69, 9.17) is 4.42 Å². The van der Waals surface area contributed by atoms with Crippen LogP contribution < -0.4 is 5.32 Å². The molecule has 1 fully saturated rings. The van der Waals surface area contributed by atoms with Crippen LogP contribution in [0.15, 0.2) is 38.4 Å². The van der Waals surface area contributed by atoms with Crippen LogP contribution in [0.3, 0.4) is 0 Å². The molecule has 1 N–H and O–H groups in total. The molecule has 0 unspecified atom stereocenters. The second-order valence-electron chi connectivity index (χ2n) is 6.39. The highest BCUT2D eigenvalue weighted by Crippen LogP contribution is 2.27. The Labute approximate surface area is 165 Å². The van der Waals surface area contributed by atoms with E-state index in [-0.39, 0.29) is 23.7 Å². The maximum atomic E-state index is 12.5. The average Bonchev–Trinajstić information content (AvgIpc) is 3.43. The number of hydrogen-bond donors (Lipinski definition) is 1. The Morgan fingerprint density at radius 2 is 2.07 bits per heavy atom. The molecule has 0 atom stereocenters. The Morgan fingerprint density at radius 1 is 1.29 bits per heavy atom. The predicted octanol–water partition coefficient (Wildman–Crippen LogP) is 1.57. The van der Waals surface area contributed by atoms with E-state index < -0.39 is 10.0 Å². The minimum absolute atomic E-state index is 0.000658. The summed E-state index contributed by atoms with van der Waals surface area (Å²) in [5.74, 6) is -0.364. The summed E-state index contributed by atoms with van der Waals surface area (Å²) < 4.78 is 33.9. The molecular weight excluding hydrogens is 404 g/mol. The van der Waals surface area contributed by atoms with E-state index in [1.54, 1.807) is 41.5 Å². The van der Waals surface area contributed by atoms with Crippen LogP contribution in [-0.4, -0.2) is 51.7 Å². The number of sulfonamides is 1. The molecule has 1 aliphatic rings. The van der Waals surface area contributed by atoms with Crippen molar-refractivity contribution in [3.63, 3.8) is 0 Å². The number of thiophene rings is 1. The van der Waals surface area contributed by atoms with Crippen LogP contribution in [0.1, 0.15) is 12.8 Å². The third-order valence-electron chi connectivity index (χ3n) is 4.50. The van der Waals surface area contributed by atoms with Gasteiger partial charge in [-0.15, -0.1) is 16.4 Å². The first kappa shape index (κ1) is 18.8. The molecule has 0 saturated carbocycles. The predicted molar refractivity (Wildman–Crippen MR) is 101 cm³/mol. The van der Waals surface area contributed by atoms with E-state index in [1.165, 1.54) is 15.6 Å². The van der Waals surface area contributed by atoms with Gasteiger partial charge in [-0.05, 0) is 30.4 Å². The van der Waals surface area contributed by atoms with Gasteiger partial charge in [0.2, 0.25) is 5.91 Å². The van der Waals surface area contributed by atoms with Crippen molar-refractivity contribution in [1.29, 1.82) is 0 Å². The number of piperidine rings is 1. The van der Waals surface area contributed by atoms with E-state index in [0.29, 0.717) is 35.8 Å². The third-order valence-corrected chi connectivity index (χ3v) is 7.77. The topological polar surface area (TPSA) is 123 Å². The molecule has 1 amide bonds. The summed E-state index contributed by atoms with van der Waals surface area (Å²) in [5, 5.41) is 16.2. The summed E-state index contributed by atoms with van der Waals surface area (Å²) in [7, 11) is -1.71. The third kappa shape index (κ3) is 3.70. The molecule has 0 aliphatic carbocycles. The molecule has 4 heterocycles. The van der Waals surface area contributed by atoms with Crippen LogP contribution in [-0.2, 0) is 21.9 Å². The van der Waals surface area contributed by atoms with Gasteiger partial charge in [0, 0.05) is 32.3 Å². The molecular formula is C16H18N6O4S2. The van der Waals surface area contributed by atoms with Gasteiger partial charge in [0.25, 0.3) is 15.9 Å². The number of rotatable bonds is 5. The van der Waals surface area contributed by atoms with Crippen LogP contribution in [0.5, 0.6) is 0 Å². The van der Waals surface area contributed by atoms with E-state index in [9.17, 15) is 13.2 Å². The fourth-order valence-electron chi connectivity index (χ4n) is 3.01. The molecule has 12 heteroatoms. The average molecular weight is 422 g/mol. The zero-order valence-corrected chi connectivity index (χ0v) is 16.6. The lowest BCUT2D eigenvalue weighted by Gasteiger charge is -2.29. The number of nitrogens with zero attached hydrogens (tertiary/aromatic N) is 5. The summed E-state index contributed by atoms with van der Waals surface area (Å²) in [6.45, 7) is 0.586. The highest BCUT2D eigenvalue weighted by atomic mass is 32.2. The molecule has 0 bridgehead atoms. The number of hydrogen-bond acceptors (Lipinski definition) is 8. The lowest BCUT2D eigenvalue weighted by molar-refractivity contribution is -0.121. The lowest BCUT2D eigenvalue weighted by atomic mass is 9.97. The Kier molecular flexibility index (Phi) is 5.00. The molecule has 4 rings (SSSR count). The molecule has 148 valence electrons. The summed E-state index contributed by atoms with van der Waals surface area (Å²) in [6.07, 6.45) is 2.60. The number of amides is 1. The van der Waals surface area contributed by atoms with Crippen molar-refractivity contribution in [1.82, 2.24) is 24.3 Å². The zero-order valence-electron chi connectivity index (χ0n) is 15.0. The monoisotopic (exact) mass is 422 g/mol. The van der Waals surface area contributed by atoms with Crippen molar-refractivity contribution < 1.29 is 17.6 Å². The zero-order chi connectivity index (χ0) is 19.7. The Bertz CT molecular complexity index is 1060. The van der Waals surface area contributed by atoms with Gasteiger partial charge in [-0.3, -0.25) is 14.8 Å². The van der Waals surface area contributed by atoms with Gasteiger partial charge in [-0.2, -0.15) is 9.40 Å². The van der Waals surface area contributed by atoms with Gasteiger partial charge in [0.1, 0.15) is 9.90 Å². The maximum absolute atomic E-state index is 12.5. The van der Waals surface area contributed by atoms with E-state index in [0.717, 1.165) is 0 Å². The molecule has 10 nitrogen and oxygen atoms in total. The fraction of sp³-hybridized carbons (Fsp3) is 0.375. The molecule has 0 spiro atoms. The molecule has 0 radical (unpaired) electrons. The highest BCUT2D eigenvalue weighted by molar-refractivity contribution is 7.91. The number of aryl methyl sites for hydroxylation is 1. The Morgan fingerprint density at radius 3 is 2.71 bits per heavy atom. The summed E-state index contributed by atoms with van der Waals surface area (Å²) in [6, 6.07) is 5.02. The van der Waals surface area contributed by atoms with Crippen molar-refractivity contribution in [2.75, 3.05) is 18.4 Å². The van der Waals surface area contributed by atoms with Gasteiger partial charge in [-0.1, -0.05) is 11.2 Å². The number of carbonyl (C=O) groups excluding carboxylic acids is 1. The highest BCUT2D eigenvalue weighted by Gasteiger charge is 2.33. The Hall–Kier alpha value is -2.57. The summed E-state index contributed by atoms with van der Waals surface area (Å²) in [4.78, 5) is 12.5. The maximum Gasteiger partial charge on any atom is 0.322 e.